The Morgan fingerprint density at radius 3 is 2.52 bits per heavy atom. The van der Waals surface area contributed by atoms with Crippen molar-refractivity contribution in [2.24, 2.45) is 12.5 Å². The third-order valence-electron chi connectivity index (χ3n) is 6.44. The molecule has 29 heavy (non-hydrogen) atoms. The van der Waals surface area contributed by atoms with E-state index in [1.165, 1.54) is 47.9 Å². The fraction of sp³-hybridized carbons (Fsp3) is 0.615. The second-order valence-electron chi connectivity index (χ2n) is 9.50. The van der Waals surface area contributed by atoms with Crippen LogP contribution in [0.3, 0.4) is 0 Å². The van der Waals surface area contributed by atoms with Crippen LogP contribution in [0.1, 0.15) is 91.5 Å². The van der Waals surface area contributed by atoms with Gasteiger partial charge in [0.1, 0.15) is 0 Å². The second-order valence-corrected chi connectivity index (χ2v) is 9.50. The van der Waals surface area contributed by atoms with Crippen LogP contribution in [0.4, 0.5) is 0 Å². The molecule has 1 aliphatic carbocycles. The zero-order valence-corrected chi connectivity index (χ0v) is 19.5. The Morgan fingerprint density at radius 2 is 1.83 bits per heavy atom. The molecule has 0 unspecified atom stereocenters. The van der Waals surface area contributed by atoms with Crippen LogP contribution in [0.25, 0.3) is 0 Å². The molecule has 1 aliphatic rings. The number of nitrogens with zero attached hydrogens (tertiary/aromatic N) is 2. The number of aromatic nitrogens is 2. The minimum Gasteiger partial charge on any atom is -0.268 e. The third kappa shape index (κ3) is 7.45. The summed E-state index contributed by atoms with van der Waals surface area (Å²) in [7, 11) is 1.68. The molecule has 3 heteroatoms. The number of allylic oxidation sites excluding steroid dienone is 6. The van der Waals surface area contributed by atoms with E-state index in [4.69, 9.17) is 0 Å². The highest BCUT2D eigenvalue weighted by atomic mass is 16.1. The molecule has 0 atom stereocenters. The van der Waals surface area contributed by atoms with E-state index in [2.05, 4.69) is 51.9 Å². The van der Waals surface area contributed by atoms with Gasteiger partial charge in [-0.25, -0.2) is 4.68 Å². The molecule has 0 radical (unpaired) electrons. The lowest BCUT2D eigenvalue weighted by atomic mass is 9.71. The summed E-state index contributed by atoms with van der Waals surface area (Å²) >= 11 is 0. The molecule has 0 aliphatic heterocycles. The normalized spacial score (nSPS) is 17.7. The lowest BCUT2D eigenvalue weighted by Crippen LogP contribution is -2.20. The van der Waals surface area contributed by atoms with Crippen LogP contribution in [0.5, 0.6) is 0 Å². The molecule has 1 aromatic heterocycles. The van der Waals surface area contributed by atoms with Crippen molar-refractivity contribution >= 4 is 0 Å². The Kier molecular flexibility index (Phi) is 8.67. The van der Waals surface area contributed by atoms with Crippen molar-refractivity contribution in [1.82, 2.24) is 9.78 Å². The molecule has 0 spiro atoms. The maximum atomic E-state index is 11.6. The number of hydrogen-bond acceptors (Lipinski definition) is 2. The summed E-state index contributed by atoms with van der Waals surface area (Å²) < 4.78 is 1.37. The predicted octanol–water partition coefficient (Wildman–Crippen LogP) is 6.69. The Labute approximate surface area is 177 Å². The van der Waals surface area contributed by atoms with Gasteiger partial charge in [0.25, 0.3) is 5.56 Å². The van der Waals surface area contributed by atoms with Crippen LogP contribution in [0.15, 0.2) is 51.5 Å². The van der Waals surface area contributed by atoms with Crippen molar-refractivity contribution in [2.75, 3.05) is 0 Å². The fourth-order valence-electron chi connectivity index (χ4n) is 4.43. The summed E-state index contributed by atoms with van der Waals surface area (Å²) in [5, 5.41) is 4.08. The van der Waals surface area contributed by atoms with E-state index in [9.17, 15) is 4.79 Å². The van der Waals surface area contributed by atoms with Crippen LogP contribution in [-0.4, -0.2) is 9.78 Å². The van der Waals surface area contributed by atoms with E-state index < -0.39 is 0 Å². The highest BCUT2D eigenvalue weighted by molar-refractivity contribution is 5.23. The first-order valence-corrected chi connectivity index (χ1v) is 11.2. The van der Waals surface area contributed by atoms with E-state index in [-0.39, 0.29) is 5.56 Å². The van der Waals surface area contributed by atoms with E-state index in [0.717, 1.165) is 31.2 Å². The molecule has 3 nitrogen and oxygen atoms in total. The van der Waals surface area contributed by atoms with Crippen molar-refractivity contribution < 1.29 is 0 Å². The third-order valence-corrected chi connectivity index (χ3v) is 6.44. The SMILES string of the molecule is CC1=C(CC/C(C)=C/CC/C(C)=C/CCc2cnn(C)c(=O)c2)C(C)(C)CCC1. The van der Waals surface area contributed by atoms with Crippen molar-refractivity contribution in [2.45, 2.75) is 92.4 Å². The molecule has 160 valence electrons. The standard InChI is InChI=1S/C26H40N2O/c1-20(12-8-14-23-18-25(29)28(6)27-19-23)10-7-11-21(2)15-16-24-22(3)13-9-17-26(24,4)5/h11-12,18-19H,7-10,13-17H2,1-6H3/b20-12+,21-11+. The average Bonchev–Trinajstić information content (AvgIpc) is 2.63. The molecule has 2 rings (SSSR count). The van der Waals surface area contributed by atoms with E-state index in [1.807, 2.05) is 0 Å². The largest absolute Gasteiger partial charge is 0.268 e. The van der Waals surface area contributed by atoms with Gasteiger partial charge in [0.2, 0.25) is 0 Å². The quantitative estimate of drug-likeness (QED) is 0.436. The molecule has 0 bridgehead atoms. The molecule has 0 fully saturated rings. The first-order valence-electron chi connectivity index (χ1n) is 11.2. The van der Waals surface area contributed by atoms with Crippen molar-refractivity contribution in [3.63, 3.8) is 0 Å². The van der Waals surface area contributed by atoms with Gasteiger partial charge in [0.15, 0.2) is 0 Å². The maximum Gasteiger partial charge on any atom is 0.266 e. The number of rotatable bonds is 9. The van der Waals surface area contributed by atoms with Gasteiger partial charge in [0.05, 0.1) is 6.20 Å². The molecular weight excluding hydrogens is 356 g/mol. The van der Waals surface area contributed by atoms with Gasteiger partial charge in [-0.3, -0.25) is 4.79 Å². The van der Waals surface area contributed by atoms with Crippen LogP contribution in [0.2, 0.25) is 0 Å². The molecule has 0 saturated carbocycles. The summed E-state index contributed by atoms with van der Waals surface area (Å²) in [5.74, 6) is 0. The van der Waals surface area contributed by atoms with Gasteiger partial charge in [-0.15, -0.1) is 0 Å². The Hall–Kier alpha value is -1.90. The summed E-state index contributed by atoms with van der Waals surface area (Å²) in [5.41, 5.74) is 7.66. The maximum absolute atomic E-state index is 11.6. The predicted molar refractivity (Wildman–Crippen MR) is 124 cm³/mol. The topological polar surface area (TPSA) is 34.9 Å². The summed E-state index contributed by atoms with van der Waals surface area (Å²) in [6, 6.07) is 1.69. The molecule has 0 saturated heterocycles. The number of aryl methyl sites for hydroxylation is 2. The van der Waals surface area contributed by atoms with Gasteiger partial charge < -0.3 is 0 Å². The zero-order chi connectivity index (χ0) is 21.4. The van der Waals surface area contributed by atoms with Crippen LogP contribution in [-0.2, 0) is 13.5 Å². The molecule has 0 aromatic carbocycles. The average molecular weight is 397 g/mol. The summed E-state index contributed by atoms with van der Waals surface area (Å²) in [6.07, 6.45) is 17.0. The summed E-state index contributed by atoms with van der Waals surface area (Å²) in [6.45, 7) is 11.7. The van der Waals surface area contributed by atoms with Crippen LogP contribution < -0.4 is 5.56 Å². The van der Waals surface area contributed by atoms with Gasteiger partial charge in [-0.05, 0) is 89.5 Å². The van der Waals surface area contributed by atoms with Crippen LogP contribution >= 0.6 is 0 Å². The highest BCUT2D eigenvalue weighted by Gasteiger charge is 2.27. The van der Waals surface area contributed by atoms with Crippen molar-refractivity contribution in [1.29, 1.82) is 0 Å². The van der Waals surface area contributed by atoms with Gasteiger partial charge in [-0.2, -0.15) is 5.10 Å². The van der Waals surface area contributed by atoms with Gasteiger partial charge >= 0.3 is 0 Å². The van der Waals surface area contributed by atoms with Crippen molar-refractivity contribution in [3.8, 4) is 0 Å². The number of hydrogen-bond donors (Lipinski definition) is 0. The zero-order valence-electron chi connectivity index (χ0n) is 19.5. The second kappa shape index (κ2) is 10.8. The molecule has 0 N–H and O–H groups in total. The van der Waals surface area contributed by atoms with Gasteiger partial charge in [-0.1, -0.05) is 48.3 Å². The van der Waals surface area contributed by atoms with E-state index in [1.54, 1.807) is 30.5 Å². The fourth-order valence-corrected chi connectivity index (χ4v) is 4.43. The Bertz CT molecular complexity index is 837. The Balaban J connectivity index is 1.75. The minimum absolute atomic E-state index is 0.0358. The minimum atomic E-state index is -0.0358. The van der Waals surface area contributed by atoms with Gasteiger partial charge in [0, 0.05) is 13.1 Å². The Morgan fingerprint density at radius 1 is 1.14 bits per heavy atom. The smallest absolute Gasteiger partial charge is 0.266 e. The molecule has 1 aromatic rings. The molecule has 0 amide bonds. The van der Waals surface area contributed by atoms with E-state index in [0.29, 0.717) is 5.41 Å². The summed E-state index contributed by atoms with van der Waals surface area (Å²) in [4.78, 5) is 11.6. The highest BCUT2D eigenvalue weighted by Crippen LogP contribution is 2.42. The monoisotopic (exact) mass is 396 g/mol. The molecular formula is C26H40N2O. The lowest BCUT2D eigenvalue weighted by molar-refractivity contribution is 0.354. The van der Waals surface area contributed by atoms with Crippen molar-refractivity contribution in [3.05, 3.63) is 62.6 Å². The first kappa shape index (κ1) is 23.4. The molecule has 1 heterocycles. The first-order chi connectivity index (χ1) is 13.7. The van der Waals surface area contributed by atoms with Crippen LogP contribution in [0, 0.1) is 5.41 Å². The van der Waals surface area contributed by atoms with E-state index >= 15 is 0 Å². The lowest BCUT2D eigenvalue weighted by Gasteiger charge is -2.35.